The van der Waals surface area contributed by atoms with Crippen molar-refractivity contribution in [3.63, 3.8) is 0 Å². The summed E-state index contributed by atoms with van der Waals surface area (Å²) in [7, 11) is -4.02. The molecule has 0 aliphatic heterocycles. The molecule has 3 aromatic rings. The molecule has 0 spiro atoms. The molecule has 0 bridgehead atoms. The number of aryl methyl sites for hydroxylation is 2. The maximum absolute atomic E-state index is 10.5. The molecule has 0 aliphatic rings. The minimum Gasteiger partial charge on any atom is -0.464 e. The number of furan rings is 1. The highest BCUT2D eigenvalue weighted by Crippen LogP contribution is 2.25. The van der Waals surface area contributed by atoms with Crippen molar-refractivity contribution in [1.82, 2.24) is 0 Å². The van der Waals surface area contributed by atoms with Gasteiger partial charge in [-0.3, -0.25) is 4.55 Å². The van der Waals surface area contributed by atoms with Crippen LogP contribution in [-0.2, 0) is 16.5 Å². The van der Waals surface area contributed by atoms with E-state index in [1.165, 1.54) is 12.1 Å². The molecule has 2 N–H and O–H groups in total. The smallest absolute Gasteiger partial charge is 0.294 e. The number of aliphatic hydroxyl groups excluding tert-OH is 1. The number of rotatable bonds is 4. The molecule has 1 aromatic heterocycles. The first-order chi connectivity index (χ1) is 11.8. The second kappa shape index (κ2) is 8.49. The van der Waals surface area contributed by atoms with Crippen molar-refractivity contribution in [3.05, 3.63) is 64.9 Å². The minimum absolute atomic E-state index is 0.0666. The SMILES string of the molecule is Cc1ccc(S(=O)(=O)O)cc1.OCCCc1coc2ccc(Cl)cc12. The first-order valence-corrected chi connectivity index (χ1v) is 9.43. The molecule has 0 unspecified atom stereocenters. The lowest BCUT2D eigenvalue weighted by atomic mass is 10.1. The third-order valence-electron chi connectivity index (χ3n) is 3.54. The van der Waals surface area contributed by atoms with Gasteiger partial charge in [0.1, 0.15) is 5.58 Å². The molecular weight excluding hydrogens is 364 g/mol. The van der Waals surface area contributed by atoms with E-state index in [-0.39, 0.29) is 11.5 Å². The van der Waals surface area contributed by atoms with Crippen molar-refractivity contribution in [2.75, 3.05) is 6.61 Å². The lowest BCUT2D eigenvalue weighted by Crippen LogP contribution is -1.96. The van der Waals surface area contributed by atoms with Crippen LogP contribution in [0.1, 0.15) is 17.5 Å². The molecule has 0 saturated heterocycles. The Labute approximate surface area is 151 Å². The Hall–Kier alpha value is -1.86. The second-order valence-corrected chi connectivity index (χ2v) is 7.37. The van der Waals surface area contributed by atoms with Gasteiger partial charge < -0.3 is 9.52 Å². The predicted octanol–water partition coefficient (Wildman–Crippen LogP) is 4.25. The fourth-order valence-electron chi connectivity index (χ4n) is 2.23. The zero-order valence-corrected chi connectivity index (χ0v) is 15.2. The van der Waals surface area contributed by atoms with E-state index in [0.29, 0.717) is 5.02 Å². The van der Waals surface area contributed by atoms with Gasteiger partial charge in [0.2, 0.25) is 0 Å². The van der Waals surface area contributed by atoms with Gasteiger partial charge in [-0.15, -0.1) is 0 Å². The Morgan fingerprint density at radius 1 is 1.12 bits per heavy atom. The molecule has 0 aliphatic carbocycles. The number of benzene rings is 2. The number of aliphatic hydroxyl groups is 1. The average molecular weight is 383 g/mol. The van der Waals surface area contributed by atoms with Crippen LogP contribution in [0.15, 0.2) is 58.0 Å². The van der Waals surface area contributed by atoms with Crippen molar-refractivity contribution in [3.8, 4) is 0 Å². The standard InChI is InChI=1S/C11H11ClO2.C7H8O3S/c12-9-3-4-11-10(6-9)8(7-14-11)2-1-5-13;1-6-2-4-7(5-3-6)11(8,9)10/h3-4,6-7,13H,1-2,5H2;2-5H,1H3,(H,8,9,10). The van der Waals surface area contributed by atoms with Crippen molar-refractivity contribution in [1.29, 1.82) is 0 Å². The van der Waals surface area contributed by atoms with Crippen molar-refractivity contribution in [2.24, 2.45) is 0 Å². The summed E-state index contributed by atoms with van der Waals surface area (Å²) >= 11 is 5.89. The summed E-state index contributed by atoms with van der Waals surface area (Å²) in [5.74, 6) is 0. The van der Waals surface area contributed by atoms with Gasteiger partial charge in [0.25, 0.3) is 10.1 Å². The highest BCUT2D eigenvalue weighted by molar-refractivity contribution is 7.85. The van der Waals surface area contributed by atoms with Crippen LogP contribution in [0.2, 0.25) is 5.02 Å². The van der Waals surface area contributed by atoms with Gasteiger partial charge in [0, 0.05) is 17.0 Å². The van der Waals surface area contributed by atoms with Crippen molar-refractivity contribution < 1.29 is 22.5 Å². The van der Waals surface area contributed by atoms with E-state index in [1.807, 2.05) is 25.1 Å². The quantitative estimate of drug-likeness (QED) is 0.658. The molecule has 3 rings (SSSR count). The Kier molecular flexibility index (Phi) is 6.61. The van der Waals surface area contributed by atoms with Crippen LogP contribution in [0.5, 0.6) is 0 Å². The Bertz CT molecular complexity index is 930. The Morgan fingerprint density at radius 3 is 2.40 bits per heavy atom. The van der Waals surface area contributed by atoms with E-state index in [0.717, 1.165) is 34.9 Å². The van der Waals surface area contributed by atoms with E-state index in [9.17, 15) is 8.42 Å². The summed E-state index contributed by atoms with van der Waals surface area (Å²) in [5, 5.41) is 10.5. The fourth-order valence-corrected chi connectivity index (χ4v) is 2.88. The molecule has 5 nitrogen and oxygen atoms in total. The third-order valence-corrected chi connectivity index (χ3v) is 4.64. The van der Waals surface area contributed by atoms with Crippen molar-refractivity contribution >= 4 is 32.7 Å². The van der Waals surface area contributed by atoms with E-state index in [4.69, 9.17) is 25.7 Å². The monoisotopic (exact) mass is 382 g/mol. The molecule has 2 aromatic carbocycles. The van der Waals surface area contributed by atoms with Gasteiger partial charge in [-0.25, -0.2) is 0 Å². The number of hydrogen-bond donors (Lipinski definition) is 2. The van der Waals surface area contributed by atoms with Crippen molar-refractivity contribution in [2.45, 2.75) is 24.7 Å². The topological polar surface area (TPSA) is 87.7 Å². The highest BCUT2D eigenvalue weighted by Gasteiger charge is 2.07. The molecule has 1 heterocycles. The van der Waals surface area contributed by atoms with Gasteiger partial charge in [-0.1, -0.05) is 29.3 Å². The van der Waals surface area contributed by atoms with Gasteiger partial charge in [0.15, 0.2) is 0 Å². The highest BCUT2D eigenvalue weighted by atomic mass is 35.5. The van der Waals surface area contributed by atoms with Crippen LogP contribution in [-0.4, -0.2) is 24.7 Å². The minimum atomic E-state index is -4.02. The zero-order valence-electron chi connectivity index (χ0n) is 13.6. The molecule has 0 fully saturated rings. The van der Waals surface area contributed by atoms with Crippen LogP contribution in [0.4, 0.5) is 0 Å². The van der Waals surface area contributed by atoms with Gasteiger partial charge in [0.05, 0.1) is 11.2 Å². The Morgan fingerprint density at radius 2 is 1.80 bits per heavy atom. The summed E-state index contributed by atoms with van der Waals surface area (Å²) in [6.45, 7) is 2.04. The normalized spacial score (nSPS) is 11.2. The number of fused-ring (bicyclic) bond motifs is 1. The van der Waals surface area contributed by atoms with Gasteiger partial charge in [-0.2, -0.15) is 8.42 Å². The lowest BCUT2D eigenvalue weighted by molar-refractivity contribution is 0.288. The molecule has 0 amide bonds. The average Bonchev–Trinajstić information content (AvgIpc) is 2.95. The molecular formula is C18H19ClO5S. The first kappa shape index (κ1) is 19.5. The largest absolute Gasteiger partial charge is 0.464 e. The molecule has 0 atom stereocenters. The van der Waals surface area contributed by atoms with E-state index in [1.54, 1.807) is 18.4 Å². The maximum Gasteiger partial charge on any atom is 0.294 e. The van der Waals surface area contributed by atoms with Crippen LogP contribution in [0.3, 0.4) is 0 Å². The van der Waals surface area contributed by atoms with E-state index >= 15 is 0 Å². The molecule has 0 saturated carbocycles. The molecule has 25 heavy (non-hydrogen) atoms. The second-order valence-electron chi connectivity index (χ2n) is 5.52. The Balaban J connectivity index is 0.000000186. The lowest BCUT2D eigenvalue weighted by Gasteiger charge is -1.95. The summed E-state index contributed by atoms with van der Waals surface area (Å²) < 4.78 is 34.9. The maximum atomic E-state index is 10.5. The molecule has 7 heteroatoms. The summed E-state index contributed by atoms with van der Waals surface area (Å²) in [6.07, 6.45) is 3.31. The van der Waals surface area contributed by atoms with Crippen LogP contribution in [0, 0.1) is 6.92 Å². The fraction of sp³-hybridized carbons (Fsp3) is 0.222. The van der Waals surface area contributed by atoms with Crippen LogP contribution < -0.4 is 0 Å². The summed E-state index contributed by atoms with van der Waals surface area (Å²) in [6, 6.07) is 11.6. The predicted molar refractivity (Wildman–Crippen MR) is 97.6 cm³/mol. The number of halogens is 1. The van der Waals surface area contributed by atoms with E-state index < -0.39 is 10.1 Å². The van der Waals surface area contributed by atoms with Gasteiger partial charge in [-0.05, 0) is 55.7 Å². The van der Waals surface area contributed by atoms with Gasteiger partial charge >= 0.3 is 0 Å². The third kappa shape index (κ3) is 5.57. The first-order valence-electron chi connectivity index (χ1n) is 7.62. The van der Waals surface area contributed by atoms with E-state index in [2.05, 4.69) is 0 Å². The summed E-state index contributed by atoms with van der Waals surface area (Å²) in [4.78, 5) is -0.0666. The molecule has 134 valence electrons. The molecule has 0 radical (unpaired) electrons. The van der Waals surface area contributed by atoms with Crippen LogP contribution >= 0.6 is 11.6 Å². The summed E-state index contributed by atoms with van der Waals surface area (Å²) in [5.41, 5.74) is 2.91. The van der Waals surface area contributed by atoms with Crippen LogP contribution in [0.25, 0.3) is 11.0 Å². The number of hydrogen-bond acceptors (Lipinski definition) is 4. The zero-order chi connectivity index (χ0) is 18.4.